The second kappa shape index (κ2) is 6.43. The van der Waals surface area contributed by atoms with Crippen LogP contribution in [-0.4, -0.2) is 46.6 Å². The van der Waals surface area contributed by atoms with Gasteiger partial charge >= 0.3 is 6.09 Å². The minimum atomic E-state index is -0.510. The van der Waals surface area contributed by atoms with Crippen molar-refractivity contribution >= 4 is 17.0 Å². The van der Waals surface area contributed by atoms with Crippen LogP contribution < -0.4 is 0 Å². The predicted octanol–water partition coefficient (Wildman–Crippen LogP) is 3.36. The van der Waals surface area contributed by atoms with E-state index in [-0.39, 0.29) is 12.2 Å². The molecule has 0 aliphatic carbocycles. The number of aryl methyl sites for hydroxylation is 1. The normalized spacial score (nSPS) is 18.1. The third kappa shape index (κ3) is 3.53. The standard InChI is InChI=1S/C18H25N3O3/c1-18(2,3)24-17(22)20(4)12-15-16-13-8-5-6-9-14(13)19-21(16)10-7-11-23-15/h5-6,8-9,15H,7,10-12H2,1-4H3. The quantitative estimate of drug-likeness (QED) is 0.847. The van der Waals surface area contributed by atoms with Crippen molar-refractivity contribution in [2.75, 3.05) is 20.2 Å². The molecule has 2 aromatic rings. The van der Waals surface area contributed by atoms with Crippen molar-refractivity contribution in [3.05, 3.63) is 30.0 Å². The second-order valence-corrected chi connectivity index (χ2v) is 7.20. The number of fused-ring (bicyclic) bond motifs is 3. The average molecular weight is 331 g/mol. The summed E-state index contributed by atoms with van der Waals surface area (Å²) >= 11 is 0. The molecule has 0 fully saturated rings. The third-order valence-electron chi connectivity index (χ3n) is 3.97. The highest BCUT2D eigenvalue weighted by molar-refractivity contribution is 5.82. The van der Waals surface area contributed by atoms with Gasteiger partial charge in [0.25, 0.3) is 0 Å². The van der Waals surface area contributed by atoms with Crippen molar-refractivity contribution in [1.82, 2.24) is 14.7 Å². The second-order valence-electron chi connectivity index (χ2n) is 7.20. The van der Waals surface area contributed by atoms with Gasteiger partial charge in [-0.15, -0.1) is 0 Å². The lowest BCUT2D eigenvalue weighted by atomic mass is 10.1. The van der Waals surface area contributed by atoms with Gasteiger partial charge in [-0.05, 0) is 33.3 Å². The van der Waals surface area contributed by atoms with Gasteiger partial charge in [0.1, 0.15) is 11.7 Å². The van der Waals surface area contributed by atoms with Crippen molar-refractivity contribution in [1.29, 1.82) is 0 Å². The van der Waals surface area contributed by atoms with Crippen molar-refractivity contribution in [2.45, 2.75) is 45.4 Å². The third-order valence-corrected chi connectivity index (χ3v) is 3.97. The van der Waals surface area contributed by atoms with Crippen molar-refractivity contribution in [3.63, 3.8) is 0 Å². The molecule has 1 aliphatic heterocycles. The van der Waals surface area contributed by atoms with Gasteiger partial charge in [0.15, 0.2) is 0 Å². The van der Waals surface area contributed by atoms with E-state index in [1.165, 1.54) is 0 Å². The summed E-state index contributed by atoms with van der Waals surface area (Å²) in [6.45, 7) is 7.52. The number of carbonyl (C=O) groups is 1. The zero-order chi connectivity index (χ0) is 17.3. The first-order chi connectivity index (χ1) is 11.3. The number of rotatable bonds is 2. The Kier molecular flexibility index (Phi) is 4.49. The lowest BCUT2D eigenvalue weighted by molar-refractivity contribution is 0.00402. The Morgan fingerprint density at radius 3 is 2.92 bits per heavy atom. The van der Waals surface area contributed by atoms with E-state index >= 15 is 0 Å². The maximum absolute atomic E-state index is 12.3. The molecule has 0 radical (unpaired) electrons. The Hall–Kier alpha value is -2.08. The van der Waals surface area contributed by atoms with E-state index in [1.807, 2.05) is 43.7 Å². The molecular formula is C18H25N3O3. The Labute approximate surface area is 142 Å². The topological polar surface area (TPSA) is 56.6 Å². The molecule has 1 amide bonds. The van der Waals surface area contributed by atoms with Gasteiger partial charge < -0.3 is 14.4 Å². The predicted molar refractivity (Wildman–Crippen MR) is 91.9 cm³/mol. The summed E-state index contributed by atoms with van der Waals surface area (Å²) in [6, 6.07) is 8.05. The molecule has 130 valence electrons. The molecule has 0 spiro atoms. The van der Waals surface area contributed by atoms with E-state index in [0.29, 0.717) is 13.2 Å². The van der Waals surface area contributed by atoms with Crippen LogP contribution in [0.25, 0.3) is 10.9 Å². The van der Waals surface area contributed by atoms with Gasteiger partial charge in [0.2, 0.25) is 0 Å². The van der Waals surface area contributed by atoms with Crippen LogP contribution in [0.1, 0.15) is 39.0 Å². The van der Waals surface area contributed by atoms with Crippen LogP contribution in [-0.2, 0) is 16.0 Å². The molecule has 0 bridgehead atoms. The first-order valence-electron chi connectivity index (χ1n) is 8.36. The summed E-state index contributed by atoms with van der Waals surface area (Å²) in [5.74, 6) is 0. The Balaban J connectivity index is 1.85. The number of ether oxygens (including phenoxy) is 2. The van der Waals surface area contributed by atoms with Crippen molar-refractivity contribution < 1.29 is 14.3 Å². The fourth-order valence-corrected chi connectivity index (χ4v) is 2.93. The van der Waals surface area contributed by atoms with E-state index in [1.54, 1.807) is 11.9 Å². The van der Waals surface area contributed by atoms with E-state index in [0.717, 1.165) is 29.6 Å². The van der Waals surface area contributed by atoms with Crippen LogP contribution in [0, 0.1) is 0 Å². The summed E-state index contributed by atoms with van der Waals surface area (Å²) < 4.78 is 13.5. The van der Waals surface area contributed by atoms with E-state index in [4.69, 9.17) is 9.47 Å². The summed E-state index contributed by atoms with van der Waals surface area (Å²) in [5.41, 5.74) is 1.49. The van der Waals surface area contributed by atoms with Crippen LogP contribution in [0.5, 0.6) is 0 Å². The first-order valence-corrected chi connectivity index (χ1v) is 8.36. The molecule has 1 aromatic heterocycles. The molecule has 0 N–H and O–H groups in total. The molecule has 1 aliphatic rings. The number of hydrogen-bond donors (Lipinski definition) is 0. The van der Waals surface area contributed by atoms with E-state index in [9.17, 15) is 4.79 Å². The van der Waals surface area contributed by atoms with Gasteiger partial charge in [-0.1, -0.05) is 18.2 Å². The molecule has 6 nitrogen and oxygen atoms in total. The van der Waals surface area contributed by atoms with Gasteiger partial charge in [0, 0.05) is 25.6 Å². The number of likely N-dealkylation sites (N-methyl/N-ethyl adjacent to an activating group) is 1. The SMILES string of the molecule is CN(CC1OCCCn2nc3ccccc3c21)C(=O)OC(C)(C)C. The molecule has 0 saturated heterocycles. The molecule has 2 heterocycles. The number of carbonyl (C=O) groups excluding carboxylic acids is 1. The van der Waals surface area contributed by atoms with Crippen molar-refractivity contribution in [3.8, 4) is 0 Å². The van der Waals surface area contributed by atoms with Gasteiger partial charge in [-0.2, -0.15) is 5.10 Å². The summed E-state index contributed by atoms with van der Waals surface area (Å²) in [5, 5.41) is 5.76. The fraction of sp³-hybridized carbons (Fsp3) is 0.556. The van der Waals surface area contributed by atoms with Gasteiger partial charge in [0.05, 0.1) is 17.8 Å². The van der Waals surface area contributed by atoms with E-state index < -0.39 is 5.60 Å². The molecule has 1 unspecified atom stereocenters. The smallest absolute Gasteiger partial charge is 0.410 e. The number of aromatic nitrogens is 2. The minimum Gasteiger partial charge on any atom is -0.444 e. The van der Waals surface area contributed by atoms with Gasteiger partial charge in [-0.25, -0.2) is 4.79 Å². The minimum absolute atomic E-state index is 0.211. The molecule has 1 aromatic carbocycles. The number of amides is 1. The number of nitrogens with zero attached hydrogens (tertiary/aromatic N) is 3. The highest BCUT2D eigenvalue weighted by atomic mass is 16.6. The van der Waals surface area contributed by atoms with Crippen molar-refractivity contribution in [2.24, 2.45) is 0 Å². The van der Waals surface area contributed by atoms with E-state index in [2.05, 4.69) is 11.2 Å². The molecule has 24 heavy (non-hydrogen) atoms. The number of benzene rings is 1. The highest BCUT2D eigenvalue weighted by Crippen LogP contribution is 2.30. The van der Waals surface area contributed by atoms with Crippen LogP contribution in [0.4, 0.5) is 4.79 Å². The first kappa shape index (κ1) is 16.8. The Morgan fingerprint density at radius 1 is 1.42 bits per heavy atom. The van der Waals surface area contributed by atoms with Crippen LogP contribution in [0.3, 0.4) is 0 Å². The summed E-state index contributed by atoms with van der Waals surface area (Å²) in [7, 11) is 1.74. The summed E-state index contributed by atoms with van der Waals surface area (Å²) in [6.07, 6.45) is 0.358. The molecule has 6 heteroatoms. The maximum atomic E-state index is 12.3. The zero-order valence-electron chi connectivity index (χ0n) is 14.8. The lowest BCUT2D eigenvalue weighted by Gasteiger charge is -2.27. The summed E-state index contributed by atoms with van der Waals surface area (Å²) in [4.78, 5) is 13.8. The number of hydrogen-bond acceptors (Lipinski definition) is 4. The monoisotopic (exact) mass is 331 g/mol. The Bertz CT molecular complexity index is 733. The van der Waals surface area contributed by atoms with Crippen LogP contribution in [0.2, 0.25) is 0 Å². The lowest BCUT2D eigenvalue weighted by Crippen LogP contribution is -2.37. The average Bonchev–Trinajstić information content (AvgIpc) is 2.75. The fourth-order valence-electron chi connectivity index (χ4n) is 2.93. The highest BCUT2D eigenvalue weighted by Gasteiger charge is 2.28. The largest absolute Gasteiger partial charge is 0.444 e. The zero-order valence-corrected chi connectivity index (χ0v) is 14.8. The molecule has 1 atom stereocenters. The molecule has 3 rings (SSSR count). The molecular weight excluding hydrogens is 306 g/mol. The van der Waals surface area contributed by atoms with Gasteiger partial charge in [-0.3, -0.25) is 4.68 Å². The Morgan fingerprint density at radius 2 is 2.17 bits per heavy atom. The maximum Gasteiger partial charge on any atom is 0.410 e. The molecule has 0 saturated carbocycles. The van der Waals surface area contributed by atoms with Crippen LogP contribution >= 0.6 is 0 Å². The van der Waals surface area contributed by atoms with Crippen LogP contribution in [0.15, 0.2) is 24.3 Å².